The monoisotopic (exact) mass is 459 g/mol. The number of hydrazone groups is 1. The summed E-state index contributed by atoms with van der Waals surface area (Å²) in [6, 6.07) is 18.3. The van der Waals surface area contributed by atoms with Gasteiger partial charge in [0, 0.05) is 23.4 Å². The zero-order valence-corrected chi connectivity index (χ0v) is 18.2. The topological polar surface area (TPSA) is 77.2 Å². The summed E-state index contributed by atoms with van der Waals surface area (Å²) < 4.78 is 16.7. The number of halogens is 1. The molecule has 0 saturated heterocycles. The minimum Gasteiger partial charge on any atom is -0.486 e. The van der Waals surface area contributed by atoms with Gasteiger partial charge in [-0.05, 0) is 29.8 Å². The molecule has 0 spiro atoms. The van der Waals surface area contributed by atoms with Crippen molar-refractivity contribution in [2.75, 3.05) is 13.2 Å². The van der Waals surface area contributed by atoms with E-state index in [9.17, 15) is 4.79 Å². The van der Waals surface area contributed by atoms with E-state index in [1.807, 2.05) is 48.5 Å². The molecule has 33 heavy (non-hydrogen) atoms. The first-order chi connectivity index (χ1) is 16.2. The molecule has 7 nitrogen and oxygen atoms in total. The van der Waals surface area contributed by atoms with Gasteiger partial charge in [-0.25, -0.2) is 9.99 Å². The lowest BCUT2D eigenvalue weighted by molar-refractivity contribution is 0.0678. The average molecular weight is 460 g/mol. The van der Waals surface area contributed by atoms with Crippen LogP contribution in [0.1, 0.15) is 34.1 Å². The van der Waals surface area contributed by atoms with Crippen LogP contribution in [0.25, 0.3) is 10.9 Å². The highest BCUT2D eigenvalue weighted by Crippen LogP contribution is 2.40. The van der Waals surface area contributed by atoms with Gasteiger partial charge in [-0.15, -0.1) is 0 Å². The highest BCUT2D eigenvalue weighted by atomic mass is 35.5. The summed E-state index contributed by atoms with van der Waals surface area (Å²) in [5.74, 6) is 1.19. The molecule has 2 aliphatic rings. The van der Waals surface area contributed by atoms with Crippen LogP contribution in [0.5, 0.6) is 11.5 Å². The SMILES string of the molecule is O=C(c1ccco1)N1N=C(c2ccccc2)C[C@@H]1c1cc2cc3c(cc2nc1Cl)OCCO3. The average Bonchev–Trinajstić information content (AvgIpc) is 3.53. The van der Waals surface area contributed by atoms with Gasteiger partial charge in [0.1, 0.15) is 18.4 Å². The zero-order chi connectivity index (χ0) is 22.4. The number of ether oxygens (including phenoxy) is 2. The second-order valence-corrected chi connectivity index (χ2v) is 8.17. The van der Waals surface area contributed by atoms with Crippen LogP contribution >= 0.6 is 11.6 Å². The number of carbonyl (C=O) groups excluding carboxylic acids is 1. The second kappa shape index (κ2) is 7.94. The van der Waals surface area contributed by atoms with Crippen LogP contribution in [-0.4, -0.2) is 34.8 Å². The van der Waals surface area contributed by atoms with Crippen LogP contribution in [0.15, 0.2) is 76.4 Å². The van der Waals surface area contributed by atoms with Crippen molar-refractivity contribution in [2.24, 2.45) is 5.10 Å². The first-order valence-corrected chi connectivity index (χ1v) is 10.9. The van der Waals surface area contributed by atoms with Gasteiger partial charge in [-0.2, -0.15) is 5.10 Å². The number of nitrogens with zero attached hydrogens (tertiary/aromatic N) is 3. The number of amides is 1. The molecular weight excluding hydrogens is 442 g/mol. The molecule has 2 aromatic heterocycles. The molecular formula is C25H18ClN3O4. The lowest BCUT2D eigenvalue weighted by Gasteiger charge is -2.23. The highest BCUT2D eigenvalue weighted by Gasteiger charge is 2.36. The molecule has 8 heteroatoms. The van der Waals surface area contributed by atoms with Crippen LogP contribution in [0.2, 0.25) is 5.15 Å². The van der Waals surface area contributed by atoms with E-state index in [1.165, 1.54) is 11.3 Å². The molecule has 1 amide bonds. The van der Waals surface area contributed by atoms with Gasteiger partial charge in [0.15, 0.2) is 17.3 Å². The number of hydrogen-bond donors (Lipinski definition) is 0. The fraction of sp³-hybridized carbons (Fsp3) is 0.160. The van der Waals surface area contributed by atoms with Crippen LogP contribution in [0.3, 0.4) is 0 Å². The van der Waals surface area contributed by atoms with Gasteiger partial charge in [0.25, 0.3) is 0 Å². The van der Waals surface area contributed by atoms with Crippen molar-refractivity contribution in [3.63, 3.8) is 0 Å². The predicted octanol–water partition coefficient (Wildman–Crippen LogP) is 5.24. The molecule has 0 N–H and O–H groups in total. The summed E-state index contributed by atoms with van der Waals surface area (Å²) in [7, 11) is 0. The Bertz CT molecular complexity index is 1390. The normalized spacial score (nSPS) is 17.3. The van der Waals surface area contributed by atoms with Crippen LogP contribution in [0.4, 0.5) is 0 Å². The predicted molar refractivity (Wildman–Crippen MR) is 123 cm³/mol. The lowest BCUT2D eigenvalue weighted by Crippen LogP contribution is -2.27. The highest BCUT2D eigenvalue weighted by molar-refractivity contribution is 6.30. The molecule has 0 bridgehead atoms. The maximum absolute atomic E-state index is 13.3. The van der Waals surface area contributed by atoms with Crippen LogP contribution in [0, 0.1) is 0 Å². The van der Waals surface area contributed by atoms with E-state index in [4.69, 9.17) is 25.5 Å². The lowest BCUT2D eigenvalue weighted by atomic mass is 9.98. The molecule has 2 aliphatic heterocycles. The minimum absolute atomic E-state index is 0.211. The van der Waals surface area contributed by atoms with Crippen LogP contribution in [-0.2, 0) is 0 Å². The second-order valence-electron chi connectivity index (χ2n) is 7.82. The van der Waals surface area contributed by atoms with E-state index in [0.29, 0.717) is 47.4 Å². The molecule has 0 aliphatic carbocycles. The third-order valence-corrected chi connectivity index (χ3v) is 6.08. The molecule has 0 saturated carbocycles. The van der Waals surface area contributed by atoms with Gasteiger partial charge in [0.05, 0.1) is 23.5 Å². The Labute approximate surface area is 194 Å². The van der Waals surface area contributed by atoms with Crippen molar-refractivity contribution < 1.29 is 18.7 Å². The standard InChI is InChI=1S/C25H18ClN3O4/c26-24-17(11-16-12-22-23(14-18(16)27-24)33-10-9-32-22)20-13-19(15-5-2-1-3-6-15)28-29(20)25(30)21-7-4-8-31-21/h1-8,11-12,14,20H,9-10,13H2/t20-/m1/s1. The Morgan fingerprint density at radius 3 is 2.55 bits per heavy atom. The summed E-state index contributed by atoms with van der Waals surface area (Å²) in [6.07, 6.45) is 1.96. The number of rotatable bonds is 3. The molecule has 164 valence electrons. The van der Waals surface area contributed by atoms with Crippen molar-refractivity contribution in [1.29, 1.82) is 0 Å². The van der Waals surface area contributed by atoms with Gasteiger partial charge in [-0.1, -0.05) is 41.9 Å². The third-order valence-electron chi connectivity index (χ3n) is 5.78. The molecule has 4 aromatic rings. The number of carbonyl (C=O) groups is 1. The maximum Gasteiger partial charge on any atom is 0.310 e. The van der Waals surface area contributed by atoms with Crippen LogP contribution < -0.4 is 9.47 Å². The summed E-state index contributed by atoms with van der Waals surface area (Å²) in [5, 5.41) is 7.27. The number of furan rings is 1. The fourth-order valence-corrected chi connectivity index (χ4v) is 4.47. The quantitative estimate of drug-likeness (QED) is 0.391. The largest absolute Gasteiger partial charge is 0.486 e. The number of benzene rings is 2. The number of hydrogen-bond acceptors (Lipinski definition) is 6. The Kier molecular flexibility index (Phi) is 4.77. The minimum atomic E-state index is -0.435. The number of aromatic nitrogens is 1. The van der Waals surface area contributed by atoms with Crippen molar-refractivity contribution >= 4 is 34.1 Å². The molecule has 0 unspecified atom stereocenters. The number of pyridine rings is 1. The molecule has 1 atom stereocenters. The Morgan fingerprint density at radius 2 is 1.79 bits per heavy atom. The van der Waals surface area contributed by atoms with E-state index in [0.717, 1.165) is 16.7 Å². The maximum atomic E-state index is 13.3. The van der Waals surface area contributed by atoms with Gasteiger partial charge in [-0.3, -0.25) is 4.79 Å². The van der Waals surface area contributed by atoms with E-state index in [1.54, 1.807) is 12.1 Å². The molecule has 2 aromatic carbocycles. The number of fused-ring (bicyclic) bond motifs is 2. The van der Waals surface area contributed by atoms with E-state index >= 15 is 0 Å². The molecule has 6 rings (SSSR count). The summed E-state index contributed by atoms with van der Waals surface area (Å²) >= 11 is 6.66. The summed E-state index contributed by atoms with van der Waals surface area (Å²) in [5.41, 5.74) is 3.13. The Morgan fingerprint density at radius 1 is 1.00 bits per heavy atom. The fourth-order valence-electron chi connectivity index (χ4n) is 4.20. The van der Waals surface area contributed by atoms with Gasteiger partial charge >= 0.3 is 5.91 Å². The molecule has 4 heterocycles. The van der Waals surface area contributed by atoms with E-state index < -0.39 is 6.04 Å². The van der Waals surface area contributed by atoms with Gasteiger partial charge in [0.2, 0.25) is 0 Å². The smallest absolute Gasteiger partial charge is 0.310 e. The van der Waals surface area contributed by atoms with Gasteiger partial charge < -0.3 is 13.9 Å². The summed E-state index contributed by atoms with van der Waals surface area (Å²) in [6.45, 7) is 0.991. The zero-order valence-electron chi connectivity index (χ0n) is 17.4. The Balaban J connectivity index is 1.44. The van der Waals surface area contributed by atoms with Crippen molar-refractivity contribution in [3.05, 3.63) is 89.0 Å². The van der Waals surface area contributed by atoms with Crippen molar-refractivity contribution in [3.8, 4) is 11.5 Å². The summed E-state index contributed by atoms with van der Waals surface area (Å²) in [4.78, 5) is 17.9. The third kappa shape index (κ3) is 3.50. The van der Waals surface area contributed by atoms with Crippen molar-refractivity contribution in [1.82, 2.24) is 9.99 Å². The molecule has 0 fully saturated rings. The first-order valence-electron chi connectivity index (χ1n) is 10.6. The van der Waals surface area contributed by atoms with E-state index in [-0.39, 0.29) is 11.7 Å². The van der Waals surface area contributed by atoms with E-state index in [2.05, 4.69) is 10.1 Å². The molecule has 0 radical (unpaired) electrons. The Hall–Kier alpha value is -3.84. The van der Waals surface area contributed by atoms with Crippen molar-refractivity contribution in [2.45, 2.75) is 12.5 Å². The first kappa shape index (κ1) is 19.8.